The minimum Gasteiger partial charge on any atom is -0.495 e. The third kappa shape index (κ3) is 4.89. The first-order chi connectivity index (χ1) is 11.1. The van der Waals surface area contributed by atoms with E-state index in [1.807, 2.05) is 37.3 Å². The number of carbonyl (C=O) groups excluding carboxylic acids is 1. The zero-order valence-electron chi connectivity index (χ0n) is 13.4. The van der Waals surface area contributed by atoms with Gasteiger partial charge >= 0.3 is 0 Å². The summed E-state index contributed by atoms with van der Waals surface area (Å²) in [6, 6.07) is 15.2. The molecule has 0 unspecified atom stereocenters. The third-order valence-electron chi connectivity index (χ3n) is 3.54. The van der Waals surface area contributed by atoms with Crippen molar-refractivity contribution in [1.29, 1.82) is 0 Å². The first kappa shape index (κ1) is 17.2. The number of ether oxygens (including phenoxy) is 1. The Kier molecular flexibility index (Phi) is 6.29. The number of methoxy groups -OCH3 is 1. The van der Waals surface area contributed by atoms with Gasteiger partial charge in [-0.15, -0.1) is 0 Å². The van der Waals surface area contributed by atoms with E-state index in [9.17, 15) is 4.79 Å². The molecular weight excluding hydrogens is 312 g/mol. The quantitative estimate of drug-likeness (QED) is 0.838. The van der Waals surface area contributed by atoms with Crippen LogP contribution < -0.4 is 10.1 Å². The lowest BCUT2D eigenvalue weighted by atomic mass is 10.2. The topological polar surface area (TPSA) is 41.6 Å². The van der Waals surface area contributed by atoms with Gasteiger partial charge in [0.05, 0.1) is 19.3 Å². The lowest BCUT2D eigenvalue weighted by Crippen LogP contribution is -2.35. The summed E-state index contributed by atoms with van der Waals surface area (Å²) in [5.74, 6) is 0.687. The molecule has 5 heteroatoms. The Morgan fingerprint density at radius 1 is 1.22 bits per heavy atom. The Balaban J connectivity index is 1.99. The molecule has 0 spiro atoms. The van der Waals surface area contributed by atoms with Crippen LogP contribution in [0.4, 0.5) is 5.69 Å². The van der Waals surface area contributed by atoms with E-state index in [-0.39, 0.29) is 12.5 Å². The fourth-order valence-corrected chi connectivity index (χ4v) is 2.45. The highest BCUT2D eigenvalue weighted by Gasteiger charge is 2.13. The average molecular weight is 333 g/mol. The molecule has 1 amide bonds. The van der Waals surface area contributed by atoms with Crippen molar-refractivity contribution in [2.24, 2.45) is 0 Å². The Morgan fingerprint density at radius 3 is 2.61 bits per heavy atom. The van der Waals surface area contributed by atoms with E-state index < -0.39 is 0 Å². The van der Waals surface area contributed by atoms with Gasteiger partial charge in [-0.1, -0.05) is 41.9 Å². The van der Waals surface area contributed by atoms with Gasteiger partial charge in [-0.3, -0.25) is 4.79 Å². The first-order valence-corrected chi connectivity index (χ1v) is 7.91. The molecule has 0 radical (unpaired) electrons. The van der Waals surface area contributed by atoms with Gasteiger partial charge in [0, 0.05) is 18.1 Å². The van der Waals surface area contributed by atoms with Crippen LogP contribution in [0.2, 0.25) is 5.02 Å². The number of likely N-dealkylation sites (N-methyl/N-ethyl adjacent to an activating group) is 1. The number of benzene rings is 2. The summed E-state index contributed by atoms with van der Waals surface area (Å²) in [6.45, 7) is 3.42. The molecule has 1 N–H and O–H groups in total. The van der Waals surface area contributed by atoms with Crippen LogP contribution in [-0.4, -0.2) is 31.0 Å². The molecule has 2 aromatic carbocycles. The maximum Gasteiger partial charge on any atom is 0.242 e. The van der Waals surface area contributed by atoms with Crippen LogP contribution in [0, 0.1) is 0 Å². The number of carbonyl (C=O) groups is 1. The zero-order chi connectivity index (χ0) is 16.7. The van der Waals surface area contributed by atoms with E-state index in [2.05, 4.69) is 5.32 Å². The van der Waals surface area contributed by atoms with Crippen molar-refractivity contribution in [2.45, 2.75) is 13.5 Å². The summed E-state index contributed by atoms with van der Waals surface area (Å²) in [5.41, 5.74) is 1.83. The highest BCUT2D eigenvalue weighted by Crippen LogP contribution is 2.27. The van der Waals surface area contributed by atoms with Gasteiger partial charge in [0.25, 0.3) is 0 Å². The van der Waals surface area contributed by atoms with Crippen molar-refractivity contribution in [2.75, 3.05) is 25.5 Å². The molecule has 122 valence electrons. The van der Waals surface area contributed by atoms with Gasteiger partial charge in [0.2, 0.25) is 5.91 Å². The number of hydrogen-bond donors (Lipinski definition) is 1. The van der Waals surface area contributed by atoms with Crippen LogP contribution in [0.5, 0.6) is 5.75 Å². The molecule has 0 aromatic heterocycles. The molecule has 0 saturated heterocycles. The molecular formula is C18H21ClN2O2. The van der Waals surface area contributed by atoms with Crippen LogP contribution >= 0.6 is 11.6 Å². The van der Waals surface area contributed by atoms with Crippen LogP contribution in [0.1, 0.15) is 12.5 Å². The van der Waals surface area contributed by atoms with Crippen LogP contribution in [-0.2, 0) is 11.3 Å². The van der Waals surface area contributed by atoms with E-state index >= 15 is 0 Å². The minimum atomic E-state index is 0.0263. The van der Waals surface area contributed by atoms with Crippen molar-refractivity contribution in [3.05, 3.63) is 59.1 Å². The zero-order valence-corrected chi connectivity index (χ0v) is 14.1. The van der Waals surface area contributed by atoms with Crippen molar-refractivity contribution in [3.8, 4) is 5.75 Å². The molecule has 0 aliphatic carbocycles. The first-order valence-electron chi connectivity index (χ1n) is 7.53. The highest BCUT2D eigenvalue weighted by atomic mass is 35.5. The molecule has 0 fully saturated rings. The van der Waals surface area contributed by atoms with E-state index in [1.165, 1.54) is 0 Å². The number of amides is 1. The van der Waals surface area contributed by atoms with Gasteiger partial charge in [-0.25, -0.2) is 0 Å². The summed E-state index contributed by atoms with van der Waals surface area (Å²) in [7, 11) is 1.59. The van der Waals surface area contributed by atoms with Gasteiger partial charge in [0.1, 0.15) is 5.75 Å². The van der Waals surface area contributed by atoms with Gasteiger partial charge in [0.15, 0.2) is 0 Å². The van der Waals surface area contributed by atoms with Crippen molar-refractivity contribution >= 4 is 23.2 Å². The highest BCUT2D eigenvalue weighted by molar-refractivity contribution is 6.30. The minimum absolute atomic E-state index is 0.0263. The molecule has 2 rings (SSSR count). The fraction of sp³-hybridized carbons (Fsp3) is 0.278. The SMILES string of the molecule is CCN(Cc1ccccc1)C(=O)CNc1cc(Cl)ccc1OC. The molecule has 23 heavy (non-hydrogen) atoms. The second kappa shape index (κ2) is 8.44. The Hall–Kier alpha value is -2.20. The molecule has 0 saturated carbocycles. The fourth-order valence-electron chi connectivity index (χ4n) is 2.28. The van der Waals surface area contributed by atoms with Crippen molar-refractivity contribution in [1.82, 2.24) is 4.90 Å². The number of nitrogens with zero attached hydrogens (tertiary/aromatic N) is 1. The summed E-state index contributed by atoms with van der Waals surface area (Å²) in [6.07, 6.45) is 0. The number of rotatable bonds is 7. The normalized spacial score (nSPS) is 10.2. The van der Waals surface area contributed by atoms with Crippen LogP contribution in [0.15, 0.2) is 48.5 Å². The Labute approximate surface area is 142 Å². The smallest absolute Gasteiger partial charge is 0.242 e. The lowest BCUT2D eigenvalue weighted by Gasteiger charge is -2.22. The number of halogens is 1. The second-order valence-electron chi connectivity index (χ2n) is 5.09. The second-order valence-corrected chi connectivity index (χ2v) is 5.53. The van der Waals surface area contributed by atoms with Crippen molar-refractivity contribution < 1.29 is 9.53 Å². The predicted octanol–water partition coefficient (Wildman–Crippen LogP) is 3.81. The van der Waals surface area contributed by atoms with Gasteiger partial charge in [-0.05, 0) is 30.7 Å². The Morgan fingerprint density at radius 2 is 1.96 bits per heavy atom. The van der Waals surface area contributed by atoms with E-state index in [0.717, 1.165) is 5.56 Å². The lowest BCUT2D eigenvalue weighted by molar-refractivity contribution is -0.129. The van der Waals surface area contributed by atoms with Gasteiger partial charge < -0.3 is 15.0 Å². The standard InChI is InChI=1S/C18H21ClN2O2/c1-3-21(13-14-7-5-4-6-8-14)18(22)12-20-16-11-15(19)9-10-17(16)23-2/h4-11,20H,3,12-13H2,1-2H3. The Bertz CT molecular complexity index is 647. The van der Waals surface area contributed by atoms with Crippen molar-refractivity contribution in [3.63, 3.8) is 0 Å². The molecule has 2 aromatic rings. The molecule has 0 bridgehead atoms. The molecule has 4 nitrogen and oxygen atoms in total. The maximum absolute atomic E-state index is 12.4. The molecule has 0 aliphatic rings. The van der Waals surface area contributed by atoms with Gasteiger partial charge in [-0.2, -0.15) is 0 Å². The molecule has 0 aliphatic heterocycles. The average Bonchev–Trinajstić information content (AvgIpc) is 2.58. The third-order valence-corrected chi connectivity index (χ3v) is 3.78. The summed E-state index contributed by atoms with van der Waals surface area (Å²) >= 11 is 6.00. The van der Waals surface area contributed by atoms with E-state index in [1.54, 1.807) is 30.2 Å². The summed E-state index contributed by atoms with van der Waals surface area (Å²) in [4.78, 5) is 14.2. The number of hydrogen-bond acceptors (Lipinski definition) is 3. The number of nitrogens with one attached hydrogen (secondary N) is 1. The monoisotopic (exact) mass is 332 g/mol. The van der Waals surface area contributed by atoms with E-state index in [4.69, 9.17) is 16.3 Å². The van der Waals surface area contributed by atoms with E-state index in [0.29, 0.717) is 29.5 Å². The predicted molar refractivity (Wildman–Crippen MR) is 94.0 cm³/mol. The maximum atomic E-state index is 12.4. The van der Waals surface area contributed by atoms with Crippen LogP contribution in [0.25, 0.3) is 0 Å². The molecule has 0 atom stereocenters. The summed E-state index contributed by atoms with van der Waals surface area (Å²) < 4.78 is 5.27. The number of anilines is 1. The van der Waals surface area contributed by atoms with Crippen LogP contribution in [0.3, 0.4) is 0 Å². The largest absolute Gasteiger partial charge is 0.495 e. The summed E-state index contributed by atoms with van der Waals surface area (Å²) in [5, 5.41) is 3.70. The molecule has 0 heterocycles.